The molecule has 4 aliphatic carbocycles. The van der Waals surface area contributed by atoms with E-state index in [1.54, 1.807) is 0 Å². The van der Waals surface area contributed by atoms with Crippen molar-refractivity contribution in [3.8, 4) is 0 Å². The summed E-state index contributed by atoms with van der Waals surface area (Å²) in [6, 6.07) is 8.34. The van der Waals surface area contributed by atoms with E-state index in [0.717, 1.165) is 60.7 Å². The van der Waals surface area contributed by atoms with Gasteiger partial charge >= 0.3 is 0 Å². The van der Waals surface area contributed by atoms with Crippen molar-refractivity contribution >= 4 is 17.5 Å². The Morgan fingerprint density at radius 2 is 1.67 bits per heavy atom. The minimum Gasteiger partial charge on any atom is -0.354 e. The van der Waals surface area contributed by atoms with Gasteiger partial charge in [-0.25, -0.2) is 0 Å². The molecule has 1 aromatic rings. The van der Waals surface area contributed by atoms with Crippen LogP contribution >= 0.6 is 11.6 Å². The van der Waals surface area contributed by atoms with Crippen LogP contribution in [0.2, 0.25) is 5.02 Å². The van der Waals surface area contributed by atoms with Gasteiger partial charge in [-0.05, 0) is 93.8 Å². The van der Waals surface area contributed by atoms with E-state index in [9.17, 15) is 4.79 Å². The lowest BCUT2D eigenvalue weighted by atomic mass is 9.49. The van der Waals surface area contributed by atoms with E-state index in [0.29, 0.717) is 12.5 Å². The SMILES string of the molecule is O=C(NC[C@H](c1ccccc1Cl)N1CCCC1)C12CC3CC(CC(C3)C1)C2. The predicted octanol–water partition coefficient (Wildman–Crippen LogP) is 4.81. The van der Waals surface area contributed by atoms with Crippen LogP contribution in [0.25, 0.3) is 0 Å². The first-order chi connectivity index (χ1) is 13.1. The average Bonchev–Trinajstić information content (AvgIpc) is 3.16. The number of nitrogens with zero attached hydrogens (tertiary/aromatic N) is 1. The van der Waals surface area contributed by atoms with Crippen LogP contribution in [0.15, 0.2) is 24.3 Å². The maximum absolute atomic E-state index is 13.4. The van der Waals surface area contributed by atoms with Gasteiger partial charge in [-0.3, -0.25) is 9.69 Å². The molecule has 4 bridgehead atoms. The van der Waals surface area contributed by atoms with E-state index in [1.165, 1.54) is 32.1 Å². The number of nitrogens with one attached hydrogen (secondary N) is 1. The molecule has 5 fully saturated rings. The number of likely N-dealkylation sites (tertiary alicyclic amines) is 1. The molecule has 1 aliphatic heterocycles. The summed E-state index contributed by atoms with van der Waals surface area (Å²) in [6.45, 7) is 2.89. The van der Waals surface area contributed by atoms with Crippen LogP contribution in [0.3, 0.4) is 0 Å². The lowest BCUT2D eigenvalue weighted by Gasteiger charge is -2.55. The van der Waals surface area contributed by atoms with Gasteiger partial charge in [-0.15, -0.1) is 0 Å². The second kappa shape index (κ2) is 7.08. The third-order valence-electron chi connectivity index (χ3n) is 7.82. The quantitative estimate of drug-likeness (QED) is 0.787. The van der Waals surface area contributed by atoms with Crippen LogP contribution in [0.5, 0.6) is 0 Å². The summed E-state index contributed by atoms with van der Waals surface area (Å²) >= 11 is 6.53. The molecule has 4 saturated carbocycles. The highest BCUT2D eigenvalue weighted by atomic mass is 35.5. The van der Waals surface area contributed by atoms with Crippen molar-refractivity contribution in [2.75, 3.05) is 19.6 Å². The Hall–Kier alpha value is -1.06. The van der Waals surface area contributed by atoms with E-state index in [1.807, 2.05) is 12.1 Å². The van der Waals surface area contributed by atoms with Crippen molar-refractivity contribution in [1.82, 2.24) is 10.2 Å². The third kappa shape index (κ3) is 3.31. The van der Waals surface area contributed by atoms with Crippen molar-refractivity contribution in [2.45, 2.75) is 57.4 Å². The zero-order chi connectivity index (χ0) is 18.4. The largest absolute Gasteiger partial charge is 0.354 e. The molecule has 146 valence electrons. The van der Waals surface area contributed by atoms with Gasteiger partial charge in [-0.2, -0.15) is 0 Å². The first-order valence-electron chi connectivity index (χ1n) is 10.9. The zero-order valence-corrected chi connectivity index (χ0v) is 16.9. The normalized spacial score (nSPS) is 36.1. The Balaban J connectivity index is 1.32. The van der Waals surface area contributed by atoms with Gasteiger partial charge in [0.1, 0.15) is 0 Å². The van der Waals surface area contributed by atoms with Gasteiger partial charge < -0.3 is 5.32 Å². The van der Waals surface area contributed by atoms with Crippen LogP contribution in [0.4, 0.5) is 0 Å². The molecule has 1 heterocycles. The molecular formula is C23H31ClN2O. The Kier molecular flexibility index (Phi) is 4.72. The van der Waals surface area contributed by atoms with Crippen LogP contribution in [-0.4, -0.2) is 30.4 Å². The molecule has 0 radical (unpaired) electrons. The van der Waals surface area contributed by atoms with E-state index in [2.05, 4.69) is 22.3 Å². The van der Waals surface area contributed by atoms with Crippen molar-refractivity contribution in [1.29, 1.82) is 0 Å². The van der Waals surface area contributed by atoms with Crippen molar-refractivity contribution in [2.24, 2.45) is 23.2 Å². The molecule has 3 nitrogen and oxygen atoms in total. The summed E-state index contributed by atoms with van der Waals surface area (Å²) in [6.07, 6.45) is 10.0. The second-order valence-corrected chi connectivity index (χ2v) is 10.1. The fourth-order valence-electron chi connectivity index (χ4n) is 7.00. The van der Waals surface area contributed by atoms with Crippen LogP contribution in [-0.2, 0) is 4.79 Å². The number of rotatable bonds is 5. The van der Waals surface area contributed by atoms with Crippen molar-refractivity contribution in [3.63, 3.8) is 0 Å². The Morgan fingerprint density at radius 3 is 2.26 bits per heavy atom. The number of hydrogen-bond donors (Lipinski definition) is 1. The smallest absolute Gasteiger partial charge is 0.226 e. The molecule has 4 heteroatoms. The molecule has 6 rings (SSSR count). The summed E-state index contributed by atoms with van der Waals surface area (Å²) in [5, 5.41) is 4.22. The van der Waals surface area contributed by atoms with Gasteiger partial charge in [0.05, 0.1) is 6.04 Å². The van der Waals surface area contributed by atoms with Crippen LogP contribution in [0, 0.1) is 23.2 Å². The highest BCUT2D eigenvalue weighted by Gasteiger charge is 2.54. The lowest BCUT2D eigenvalue weighted by Crippen LogP contribution is -2.54. The highest BCUT2D eigenvalue weighted by Crippen LogP contribution is 2.60. The molecule has 0 aromatic heterocycles. The van der Waals surface area contributed by atoms with Gasteiger partial charge in [-0.1, -0.05) is 29.8 Å². The van der Waals surface area contributed by atoms with Crippen LogP contribution < -0.4 is 5.32 Å². The number of hydrogen-bond acceptors (Lipinski definition) is 2. The molecule has 1 aromatic carbocycles. The van der Waals surface area contributed by atoms with Crippen molar-refractivity contribution in [3.05, 3.63) is 34.9 Å². The summed E-state index contributed by atoms with van der Waals surface area (Å²) in [4.78, 5) is 15.9. The molecule has 1 atom stereocenters. The monoisotopic (exact) mass is 386 g/mol. The highest BCUT2D eigenvalue weighted by molar-refractivity contribution is 6.31. The van der Waals surface area contributed by atoms with E-state index >= 15 is 0 Å². The predicted molar refractivity (Wildman–Crippen MR) is 109 cm³/mol. The number of benzene rings is 1. The summed E-state index contributed by atoms with van der Waals surface area (Å²) < 4.78 is 0. The van der Waals surface area contributed by atoms with E-state index in [-0.39, 0.29) is 11.5 Å². The van der Waals surface area contributed by atoms with Gasteiger partial charge in [0, 0.05) is 17.0 Å². The Bertz CT molecular complexity index is 677. The standard InChI is InChI=1S/C23H31ClN2O/c24-20-6-2-1-5-19(20)21(26-7-3-4-8-26)15-25-22(27)23-12-16-9-17(13-23)11-18(10-16)14-23/h1-2,5-6,16-18,21H,3-4,7-15H2,(H,25,27)/t16?,17?,18?,21-,23?/m1/s1. The minimum absolute atomic E-state index is 0.0647. The maximum Gasteiger partial charge on any atom is 0.226 e. The molecule has 1 amide bonds. The average molecular weight is 387 g/mol. The zero-order valence-electron chi connectivity index (χ0n) is 16.1. The fourth-order valence-corrected chi connectivity index (χ4v) is 7.26. The first-order valence-corrected chi connectivity index (χ1v) is 11.3. The molecule has 27 heavy (non-hydrogen) atoms. The molecule has 1 N–H and O–H groups in total. The van der Waals surface area contributed by atoms with E-state index < -0.39 is 0 Å². The maximum atomic E-state index is 13.4. The number of carbonyl (C=O) groups excluding carboxylic acids is 1. The van der Waals surface area contributed by atoms with Crippen LogP contribution in [0.1, 0.15) is 63.0 Å². The summed E-state index contributed by atoms with van der Waals surface area (Å²) in [7, 11) is 0. The summed E-state index contributed by atoms with van der Waals surface area (Å²) in [5.41, 5.74) is 1.09. The Labute approximate surface area is 167 Å². The fraction of sp³-hybridized carbons (Fsp3) is 0.696. The van der Waals surface area contributed by atoms with Gasteiger partial charge in [0.15, 0.2) is 0 Å². The van der Waals surface area contributed by atoms with E-state index in [4.69, 9.17) is 11.6 Å². The second-order valence-electron chi connectivity index (χ2n) is 9.69. The molecule has 0 spiro atoms. The minimum atomic E-state index is -0.0647. The molecular weight excluding hydrogens is 356 g/mol. The third-order valence-corrected chi connectivity index (χ3v) is 8.17. The number of amides is 1. The summed E-state index contributed by atoms with van der Waals surface area (Å²) in [5.74, 6) is 2.75. The Morgan fingerprint density at radius 1 is 1.07 bits per heavy atom. The molecule has 5 aliphatic rings. The first kappa shape index (κ1) is 18.0. The number of halogens is 1. The molecule has 1 saturated heterocycles. The van der Waals surface area contributed by atoms with Gasteiger partial charge in [0.25, 0.3) is 0 Å². The molecule has 0 unspecified atom stereocenters. The van der Waals surface area contributed by atoms with Crippen molar-refractivity contribution < 1.29 is 4.79 Å². The van der Waals surface area contributed by atoms with Gasteiger partial charge in [0.2, 0.25) is 5.91 Å². The topological polar surface area (TPSA) is 32.3 Å². The number of carbonyl (C=O) groups is 1. The lowest BCUT2D eigenvalue weighted by molar-refractivity contribution is -0.146.